The molecule has 2 aliphatic rings. The van der Waals surface area contributed by atoms with E-state index in [-0.39, 0.29) is 0 Å². The summed E-state index contributed by atoms with van der Waals surface area (Å²) in [6.07, 6.45) is 5.64. The van der Waals surface area contributed by atoms with Crippen LogP contribution in [0.4, 0.5) is 0 Å². The van der Waals surface area contributed by atoms with Crippen LogP contribution in [0.15, 0.2) is 18.2 Å². The molecule has 0 aliphatic carbocycles. The predicted molar refractivity (Wildman–Crippen MR) is 80.0 cm³/mol. The summed E-state index contributed by atoms with van der Waals surface area (Å²) < 4.78 is 5.71. The highest BCUT2D eigenvalue weighted by Crippen LogP contribution is 2.23. The van der Waals surface area contributed by atoms with Crippen molar-refractivity contribution in [2.45, 2.75) is 45.2 Å². The minimum Gasteiger partial charge on any atom is -0.494 e. The van der Waals surface area contributed by atoms with Crippen molar-refractivity contribution in [3.05, 3.63) is 29.3 Å². The number of rotatable bonds is 3. The average molecular weight is 276 g/mol. The summed E-state index contributed by atoms with van der Waals surface area (Å²) in [7, 11) is 0. The fourth-order valence-electron chi connectivity index (χ4n) is 3.79. The third kappa shape index (κ3) is 2.99. The Hall–Kier alpha value is -1.06. The lowest BCUT2D eigenvalue weighted by Crippen LogP contribution is -3.15. The number of hydrogen-bond donors (Lipinski definition) is 2. The molecular formula is C17H28N2O+2. The molecule has 1 atom stereocenters. The quantitative estimate of drug-likeness (QED) is 0.835. The van der Waals surface area contributed by atoms with Gasteiger partial charge in [-0.15, -0.1) is 0 Å². The van der Waals surface area contributed by atoms with E-state index in [9.17, 15) is 0 Å². The zero-order valence-electron chi connectivity index (χ0n) is 12.7. The van der Waals surface area contributed by atoms with Gasteiger partial charge in [-0.05, 0) is 50.8 Å². The van der Waals surface area contributed by atoms with Crippen LogP contribution in [0.25, 0.3) is 0 Å². The Labute approximate surface area is 122 Å². The van der Waals surface area contributed by atoms with Crippen LogP contribution in [-0.4, -0.2) is 26.2 Å². The van der Waals surface area contributed by atoms with Gasteiger partial charge in [-0.25, -0.2) is 0 Å². The monoisotopic (exact) mass is 276 g/mol. The average Bonchev–Trinajstić information content (AvgIpc) is 2.76. The van der Waals surface area contributed by atoms with Gasteiger partial charge in [-0.2, -0.15) is 0 Å². The summed E-state index contributed by atoms with van der Waals surface area (Å²) >= 11 is 0. The van der Waals surface area contributed by atoms with Crippen LogP contribution in [0, 0.1) is 0 Å². The van der Waals surface area contributed by atoms with Gasteiger partial charge in [0.05, 0.1) is 19.7 Å². The molecule has 1 fully saturated rings. The third-order valence-electron chi connectivity index (χ3n) is 4.81. The SMILES string of the molecule is CCOc1ccc2c(c1)[C@H]([NH+]1CCCCCC1)C[NH2+]C2. The standard InChI is InChI=1S/C17H26N2O/c1-2-20-15-8-7-14-12-18-13-17(16(14)11-15)19-9-5-3-4-6-10-19/h7-8,11,17-18H,2-6,9-10,12-13H2,1H3/p+2/t17-/m1/s1. The second kappa shape index (κ2) is 6.59. The number of likely N-dealkylation sites (tertiary alicyclic amines) is 1. The van der Waals surface area contributed by atoms with Crippen molar-refractivity contribution in [3.8, 4) is 5.75 Å². The molecule has 0 unspecified atom stereocenters. The Kier molecular flexibility index (Phi) is 4.58. The van der Waals surface area contributed by atoms with Gasteiger partial charge in [0.2, 0.25) is 0 Å². The van der Waals surface area contributed by atoms with Gasteiger partial charge in [0.1, 0.15) is 18.8 Å². The van der Waals surface area contributed by atoms with E-state index in [4.69, 9.17) is 4.74 Å². The fourth-order valence-corrected chi connectivity index (χ4v) is 3.79. The molecule has 0 bridgehead atoms. The Balaban J connectivity index is 1.85. The molecule has 2 heterocycles. The maximum absolute atomic E-state index is 5.71. The number of benzene rings is 1. The van der Waals surface area contributed by atoms with Crippen molar-refractivity contribution in [1.82, 2.24) is 0 Å². The third-order valence-corrected chi connectivity index (χ3v) is 4.81. The highest BCUT2D eigenvalue weighted by Gasteiger charge is 2.32. The molecule has 20 heavy (non-hydrogen) atoms. The smallest absolute Gasteiger partial charge is 0.163 e. The van der Waals surface area contributed by atoms with Gasteiger partial charge in [0, 0.05) is 11.1 Å². The van der Waals surface area contributed by atoms with Crippen molar-refractivity contribution < 1.29 is 15.0 Å². The minimum absolute atomic E-state index is 0.664. The summed E-state index contributed by atoms with van der Waals surface area (Å²) in [5.41, 5.74) is 3.07. The first-order chi connectivity index (χ1) is 9.88. The highest BCUT2D eigenvalue weighted by atomic mass is 16.5. The Morgan fingerprint density at radius 1 is 1.20 bits per heavy atom. The zero-order valence-corrected chi connectivity index (χ0v) is 12.7. The fraction of sp³-hybridized carbons (Fsp3) is 0.647. The van der Waals surface area contributed by atoms with Gasteiger partial charge >= 0.3 is 0 Å². The van der Waals surface area contributed by atoms with E-state index in [0.29, 0.717) is 6.04 Å². The van der Waals surface area contributed by atoms with Crippen LogP contribution in [0.5, 0.6) is 5.75 Å². The van der Waals surface area contributed by atoms with Crippen molar-refractivity contribution in [2.24, 2.45) is 0 Å². The molecule has 0 aromatic heterocycles. The first kappa shape index (κ1) is 13.9. The molecule has 0 amide bonds. The number of nitrogens with one attached hydrogen (secondary N) is 1. The maximum atomic E-state index is 5.71. The van der Waals surface area contributed by atoms with Crippen molar-refractivity contribution in [2.75, 3.05) is 26.2 Å². The van der Waals surface area contributed by atoms with Gasteiger partial charge in [-0.3, -0.25) is 0 Å². The number of hydrogen-bond acceptors (Lipinski definition) is 1. The van der Waals surface area contributed by atoms with E-state index in [1.54, 1.807) is 10.5 Å². The van der Waals surface area contributed by atoms with E-state index < -0.39 is 0 Å². The summed E-state index contributed by atoms with van der Waals surface area (Å²) in [5.74, 6) is 1.05. The summed E-state index contributed by atoms with van der Waals surface area (Å²) in [6, 6.07) is 7.39. The Morgan fingerprint density at radius 2 is 2.00 bits per heavy atom. The molecular weight excluding hydrogens is 248 g/mol. The molecule has 3 N–H and O–H groups in total. The number of fused-ring (bicyclic) bond motifs is 1. The molecule has 3 heteroatoms. The molecule has 110 valence electrons. The van der Waals surface area contributed by atoms with E-state index in [2.05, 4.69) is 30.4 Å². The van der Waals surface area contributed by atoms with Gasteiger partial charge < -0.3 is 15.0 Å². The molecule has 2 aliphatic heterocycles. The lowest BCUT2D eigenvalue weighted by molar-refractivity contribution is -0.947. The topological polar surface area (TPSA) is 30.3 Å². The zero-order chi connectivity index (χ0) is 13.8. The summed E-state index contributed by atoms with van der Waals surface area (Å²) in [5, 5.41) is 2.48. The second-order valence-corrected chi connectivity index (χ2v) is 6.15. The van der Waals surface area contributed by atoms with Crippen molar-refractivity contribution in [1.29, 1.82) is 0 Å². The number of nitrogens with two attached hydrogens (primary N) is 1. The summed E-state index contributed by atoms with van der Waals surface area (Å²) in [6.45, 7) is 7.87. The lowest BCUT2D eigenvalue weighted by atomic mass is 9.95. The van der Waals surface area contributed by atoms with Crippen LogP contribution in [0.3, 0.4) is 0 Å². The molecule has 1 aromatic carbocycles. The van der Waals surface area contributed by atoms with Gasteiger partial charge in [0.15, 0.2) is 6.04 Å². The largest absolute Gasteiger partial charge is 0.494 e. The molecule has 0 spiro atoms. The second-order valence-electron chi connectivity index (χ2n) is 6.15. The lowest BCUT2D eigenvalue weighted by Gasteiger charge is -2.31. The van der Waals surface area contributed by atoms with Crippen LogP contribution < -0.4 is 15.0 Å². The maximum Gasteiger partial charge on any atom is 0.163 e. The van der Waals surface area contributed by atoms with Crippen molar-refractivity contribution >= 4 is 0 Å². The number of ether oxygens (including phenoxy) is 1. The predicted octanol–water partition coefficient (Wildman–Crippen LogP) is 0.662. The first-order valence-electron chi connectivity index (χ1n) is 8.30. The highest BCUT2D eigenvalue weighted by molar-refractivity contribution is 5.37. The Morgan fingerprint density at radius 3 is 2.75 bits per heavy atom. The van der Waals surface area contributed by atoms with E-state index in [1.807, 2.05) is 0 Å². The molecule has 3 nitrogen and oxygen atoms in total. The molecule has 3 rings (SSSR count). The Bertz CT molecular complexity index is 439. The van der Waals surface area contributed by atoms with Crippen LogP contribution in [0.2, 0.25) is 0 Å². The molecule has 1 aromatic rings. The van der Waals surface area contributed by atoms with Gasteiger partial charge in [-0.1, -0.05) is 0 Å². The van der Waals surface area contributed by atoms with E-state index in [1.165, 1.54) is 50.9 Å². The van der Waals surface area contributed by atoms with Crippen molar-refractivity contribution in [3.63, 3.8) is 0 Å². The van der Waals surface area contributed by atoms with E-state index in [0.717, 1.165) is 18.9 Å². The van der Waals surface area contributed by atoms with Crippen LogP contribution in [0.1, 0.15) is 49.8 Å². The normalized spacial score (nSPS) is 23.9. The number of quaternary nitrogens is 2. The molecule has 1 saturated heterocycles. The minimum atomic E-state index is 0.664. The van der Waals surface area contributed by atoms with Crippen LogP contribution in [-0.2, 0) is 6.54 Å². The molecule has 0 radical (unpaired) electrons. The summed E-state index contributed by atoms with van der Waals surface area (Å²) in [4.78, 5) is 1.80. The molecule has 0 saturated carbocycles. The van der Waals surface area contributed by atoms with Gasteiger partial charge in [0.25, 0.3) is 0 Å². The van der Waals surface area contributed by atoms with E-state index >= 15 is 0 Å². The van der Waals surface area contributed by atoms with Crippen LogP contribution >= 0.6 is 0 Å². The first-order valence-corrected chi connectivity index (χ1v) is 8.30.